The molecule has 0 bridgehead atoms. The summed E-state index contributed by atoms with van der Waals surface area (Å²) in [6.07, 6.45) is 4.55. The Morgan fingerprint density at radius 3 is 2.95 bits per heavy atom. The monoisotopic (exact) mass is 274 g/mol. The fraction of sp³-hybridized carbons (Fsp3) is 0.333. The minimum atomic E-state index is -0.315. The Morgan fingerprint density at radius 1 is 1.45 bits per heavy atom. The van der Waals surface area contributed by atoms with Gasteiger partial charge in [0.2, 0.25) is 5.91 Å². The molecule has 1 saturated heterocycles. The van der Waals surface area contributed by atoms with Gasteiger partial charge in [-0.25, -0.2) is 14.6 Å². The highest BCUT2D eigenvalue weighted by Gasteiger charge is 2.31. The number of aromatic nitrogens is 4. The molecule has 8 nitrogen and oxygen atoms in total. The third-order valence-corrected chi connectivity index (χ3v) is 3.13. The van der Waals surface area contributed by atoms with Gasteiger partial charge in [0.1, 0.15) is 12.7 Å². The van der Waals surface area contributed by atoms with Crippen molar-refractivity contribution >= 4 is 11.6 Å². The zero-order valence-electron chi connectivity index (χ0n) is 10.6. The fourth-order valence-electron chi connectivity index (χ4n) is 2.00. The van der Waals surface area contributed by atoms with E-state index in [1.807, 2.05) is 0 Å². The molecular formula is C12H14N6O2. The number of ether oxygens (including phenoxy) is 1. The van der Waals surface area contributed by atoms with Crippen LogP contribution in [-0.2, 0) is 9.53 Å². The number of nitrogens with one attached hydrogen (secondary N) is 1. The summed E-state index contributed by atoms with van der Waals surface area (Å²) < 4.78 is 6.71. The standard InChI is InChI=1S/C12H14N6O2/c13-10-5-20-4-9(10)12(19)17-8-1-2-11(15-3-8)18-7-14-6-16-18/h1-3,6-7,9-10H,4-5,13H2,(H,17,19). The molecule has 0 aliphatic carbocycles. The van der Waals surface area contributed by atoms with E-state index in [-0.39, 0.29) is 17.9 Å². The molecule has 3 heterocycles. The van der Waals surface area contributed by atoms with Crippen molar-refractivity contribution in [1.29, 1.82) is 0 Å². The summed E-state index contributed by atoms with van der Waals surface area (Å²) in [5, 5.41) is 6.75. The number of rotatable bonds is 3. The van der Waals surface area contributed by atoms with Gasteiger partial charge in [-0.1, -0.05) is 0 Å². The maximum Gasteiger partial charge on any atom is 0.231 e. The summed E-state index contributed by atoms with van der Waals surface area (Å²) in [4.78, 5) is 20.1. The van der Waals surface area contributed by atoms with Crippen LogP contribution in [-0.4, -0.2) is 44.9 Å². The van der Waals surface area contributed by atoms with Crippen LogP contribution in [0.3, 0.4) is 0 Å². The number of hydrogen-bond acceptors (Lipinski definition) is 6. The van der Waals surface area contributed by atoms with Gasteiger partial charge in [0.25, 0.3) is 0 Å². The van der Waals surface area contributed by atoms with Gasteiger partial charge in [-0.3, -0.25) is 4.79 Å². The van der Waals surface area contributed by atoms with Crippen molar-refractivity contribution in [3.63, 3.8) is 0 Å². The Kier molecular flexibility index (Phi) is 3.40. The van der Waals surface area contributed by atoms with Gasteiger partial charge in [0, 0.05) is 6.04 Å². The molecule has 1 aliphatic heterocycles. The van der Waals surface area contributed by atoms with Gasteiger partial charge < -0.3 is 15.8 Å². The second-order valence-electron chi connectivity index (χ2n) is 4.54. The number of nitrogens with zero attached hydrogens (tertiary/aromatic N) is 4. The smallest absolute Gasteiger partial charge is 0.231 e. The molecule has 3 N–H and O–H groups in total. The lowest BCUT2D eigenvalue weighted by molar-refractivity contribution is -0.120. The van der Waals surface area contributed by atoms with E-state index in [9.17, 15) is 4.79 Å². The van der Waals surface area contributed by atoms with Gasteiger partial charge in [0.05, 0.1) is 31.0 Å². The van der Waals surface area contributed by atoms with E-state index in [1.54, 1.807) is 24.7 Å². The number of anilines is 1. The second-order valence-corrected chi connectivity index (χ2v) is 4.54. The highest BCUT2D eigenvalue weighted by molar-refractivity contribution is 5.93. The lowest BCUT2D eigenvalue weighted by Gasteiger charge is -2.13. The Bertz CT molecular complexity index is 583. The number of carbonyl (C=O) groups excluding carboxylic acids is 1. The summed E-state index contributed by atoms with van der Waals surface area (Å²) in [7, 11) is 0. The number of nitrogens with two attached hydrogens (primary N) is 1. The molecule has 20 heavy (non-hydrogen) atoms. The third-order valence-electron chi connectivity index (χ3n) is 3.13. The highest BCUT2D eigenvalue weighted by atomic mass is 16.5. The van der Waals surface area contributed by atoms with Crippen molar-refractivity contribution in [3.05, 3.63) is 31.0 Å². The van der Waals surface area contributed by atoms with Gasteiger partial charge in [-0.2, -0.15) is 5.10 Å². The Labute approximate surface area is 115 Å². The maximum atomic E-state index is 12.0. The molecule has 0 saturated carbocycles. The molecule has 0 radical (unpaired) electrons. The van der Waals surface area contributed by atoms with E-state index < -0.39 is 0 Å². The minimum Gasteiger partial charge on any atom is -0.379 e. The van der Waals surface area contributed by atoms with Gasteiger partial charge in [0.15, 0.2) is 5.82 Å². The van der Waals surface area contributed by atoms with E-state index in [2.05, 4.69) is 20.4 Å². The summed E-state index contributed by atoms with van der Waals surface area (Å²) >= 11 is 0. The zero-order valence-corrected chi connectivity index (χ0v) is 10.6. The van der Waals surface area contributed by atoms with E-state index in [4.69, 9.17) is 10.5 Å². The molecule has 104 valence electrons. The number of amides is 1. The number of hydrogen-bond donors (Lipinski definition) is 2. The Hall–Kier alpha value is -2.32. The Balaban J connectivity index is 1.68. The summed E-state index contributed by atoms with van der Waals surface area (Å²) in [6, 6.07) is 3.25. The molecule has 2 unspecified atom stereocenters. The molecule has 8 heteroatoms. The highest BCUT2D eigenvalue weighted by Crippen LogP contribution is 2.15. The molecule has 2 aromatic heterocycles. The van der Waals surface area contributed by atoms with Crippen LogP contribution in [0.25, 0.3) is 5.82 Å². The zero-order chi connectivity index (χ0) is 13.9. The van der Waals surface area contributed by atoms with E-state index in [1.165, 1.54) is 11.0 Å². The van der Waals surface area contributed by atoms with Crippen molar-refractivity contribution in [2.45, 2.75) is 6.04 Å². The predicted octanol–water partition coefficient (Wildman–Crippen LogP) is -0.426. The van der Waals surface area contributed by atoms with Crippen molar-refractivity contribution < 1.29 is 9.53 Å². The molecule has 0 spiro atoms. The first-order chi connectivity index (χ1) is 9.74. The number of carbonyl (C=O) groups is 1. The maximum absolute atomic E-state index is 12.0. The first-order valence-corrected chi connectivity index (χ1v) is 6.19. The second kappa shape index (κ2) is 5.35. The van der Waals surface area contributed by atoms with Crippen LogP contribution < -0.4 is 11.1 Å². The number of pyridine rings is 1. The topological polar surface area (TPSA) is 108 Å². The van der Waals surface area contributed by atoms with Crippen molar-refractivity contribution in [3.8, 4) is 5.82 Å². The minimum absolute atomic E-state index is 0.148. The lowest BCUT2D eigenvalue weighted by Crippen LogP contribution is -2.37. The normalized spacial score (nSPS) is 21.9. The molecule has 2 aromatic rings. The molecule has 2 atom stereocenters. The average molecular weight is 274 g/mol. The summed E-state index contributed by atoms with van der Waals surface area (Å²) in [5.74, 6) is 0.164. The molecule has 0 aromatic carbocycles. The van der Waals surface area contributed by atoms with Crippen molar-refractivity contribution in [2.24, 2.45) is 11.7 Å². The fourth-order valence-corrected chi connectivity index (χ4v) is 2.00. The van der Waals surface area contributed by atoms with Crippen LogP contribution in [0.1, 0.15) is 0 Å². The van der Waals surface area contributed by atoms with Crippen LogP contribution in [0, 0.1) is 5.92 Å². The SMILES string of the molecule is NC1COCC1C(=O)Nc1ccc(-n2cncn2)nc1. The molecule has 1 aliphatic rings. The molecular weight excluding hydrogens is 260 g/mol. The van der Waals surface area contributed by atoms with Crippen LogP contribution >= 0.6 is 0 Å². The van der Waals surface area contributed by atoms with E-state index in [0.29, 0.717) is 24.7 Å². The summed E-state index contributed by atoms with van der Waals surface area (Å²) in [6.45, 7) is 0.777. The first kappa shape index (κ1) is 12.7. The predicted molar refractivity (Wildman–Crippen MR) is 70.1 cm³/mol. The summed E-state index contributed by atoms with van der Waals surface area (Å²) in [5.41, 5.74) is 6.41. The average Bonchev–Trinajstić information content (AvgIpc) is 3.10. The van der Waals surface area contributed by atoms with Crippen LogP contribution in [0.2, 0.25) is 0 Å². The largest absolute Gasteiger partial charge is 0.379 e. The quantitative estimate of drug-likeness (QED) is 0.786. The molecule has 3 rings (SSSR count). The van der Waals surface area contributed by atoms with E-state index in [0.717, 1.165) is 0 Å². The van der Waals surface area contributed by atoms with E-state index >= 15 is 0 Å². The van der Waals surface area contributed by atoms with Crippen LogP contribution in [0.4, 0.5) is 5.69 Å². The molecule has 1 fully saturated rings. The van der Waals surface area contributed by atoms with Gasteiger partial charge in [-0.05, 0) is 12.1 Å². The van der Waals surface area contributed by atoms with Crippen LogP contribution in [0.5, 0.6) is 0 Å². The van der Waals surface area contributed by atoms with Gasteiger partial charge in [-0.15, -0.1) is 0 Å². The van der Waals surface area contributed by atoms with Crippen molar-refractivity contribution in [2.75, 3.05) is 18.5 Å². The van der Waals surface area contributed by atoms with Gasteiger partial charge >= 0.3 is 0 Å². The third kappa shape index (κ3) is 2.51. The first-order valence-electron chi connectivity index (χ1n) is 6.19. The van der Waals surface area contributed by atoms with Crippen LogP contribution in [0.15, 0.2) is 31.0 Å². The lowest BCUT2D eigenvalue weighted by atomic mass is 10.0. The Morgan fingerprint density at radius 2 is 2.35 bits per heavy atom. The molecule has 1 amide bonds. The van der Waals surface area contributed by atoms with Crippen molar-refractivity contribution in [1.82, 2.24) is 19.7 Å².